The fraction of sp³-hybridized carbons (Fsp3) is 0.294. The van der Waals surface area contributed by atoms with E-state index in [1.165, 1.54) is 38.3 Å². The molecule has 21 heavy (non-hydrogen) atoms. The van der Waals surface area contributed by atoms with Crippen LogP contribution in [0.1, 0.15) is 23.6 Å². The number of rotatable bonds is 4. The minimum absolute atomic E-state index is 0.0798. The summed E-state index contributed by atoms with van der Waals surface area (Å²) in [6.07, 6.45) is 0.0912. The summed E-state index contributed by atoms with van der Waals surface area (Å²) in [5, 5.41) is 10.7. The van der Waals surface area contributed by atoms with Gasteiger partial charge in [-0.1, -0.05) is 12.1 Å². The van der Waals surface area contributed by atoms with Crippen LogP contribution in [0.4, 0.5) is 8.78 Å². The van der Waals surface area contributed by atoms with E-state index in [1.807, 2.05) is 6.92 Å². The summed E-state index contributed by atoms with van der Waals surface area (Å²) >= 11 is 0. The number of ether oxygens (including phenoxy) is 1. The summed E-state index contributed by atoms with van der Waals surface area (Å²) < 4.78 is 32.6. The molecule has 0 bridgehead atoms. The zero-order valence-corrected chi connectivity index (χ0v) is 12.3. The Kier molecular flexibility index (Phi) is 4.28. The lowest BCUT2D eigenvalue weighted by atomic mass is 9.86. The van der Waals surface area contributed by atoms with E-state index in [0.29, 0.717) is 5.56 Å². The Balaban J connectivity index is 2.45. The van der Waals surface area contributed by atoms with Crippen LogP contribution >= 0.6 is 0 Å². The van der Waals surface area contributed by atoms with Crippen LogP contribution in [0.25, 0.3) is 0 Å². The maximum Gasteiger partial charge on any atom is 0.133 e. The Labute approximate surface area is 123 Å². The predicted octanol–water partition coefficient (Wildman–Crippen LogP) is 3.73. The van der Waals surface area contributed by atoms with Crippen LogP contribution in [0.15, 0.2) is 36.4 Å². The number of aliphatic hydroxyl groups is 1. The second kappa shape index (κ2) is 5.82. The monoisotopic (exact) mass is 292 g/mol. The van der Waals surface area contributed by atoms with Crippen molar-refractivity contribution in [3.05, 3.63) is 64.7 Å². The first-order valence-corrected chi connectivity index (χ1v) is 6.65. The van der Waals surface area contributed by atoms with Crippen molar-refractivity contribution in [1.29, 1.82) is 0 Å². The van der Waals surface area contributed by atoms with Gasteiger partial charge in [-0.15, -0.1) is 0 Å². The molecule has 2 aromatic carbocycles. The normalized spacial score (nSPS) is 13.8. The molecule has 0 saturated carbocycles. The average molecular weight is 292 g/mol. The van der Waals surface area contributed by atoms with Crippen LogP contribution in [0.5, 0.6) is 5.75 Å². The van der Waals surface area contributed by atoms with Crippen LogP contribution in [0, 0.1) is 18.6 Å². The van der Waals surface area contributed by atoms with E-state index < -0.39 is 11.4 Å². The van der Waals surface area contributed by atoms with Gasteiger partial charge < -0.3 is 9.84 Å². The van der Waals surface area contributed by atoms with Crippen molar-refractivity contribution in [2.45, 2.75) is 25.9 Å². The van der Waals surface area contributed by atoms with E-state index in [1.54, 1.807) is 12.1 Å². The SMILES string of the molecule is COc1cccc(F)c1C(C)(O)Cc1cc(F)ccc1C. The summed E-state index contributed by atoms with van der Waals surface area (Å²) in [5.74, 6) is -0.658. The number of halogens is 2. The van der Waals surface area contributed by atoms with E-state index in [4.69, 9.17) is 4.74 Å². The molecule has 1 unspecified atom stereocenters. The maximum absolute atomic E-state index is 14.1. The fourth-order valence-electron chi connectivity index (χ4n) is 2.49. The zero-order chi connectivity index (χ0) is 15.6. The van der Waals surface area contributed by atoms with Gasteiger partial charge >= 0.3 is 0 Å². The van der Waals surface area contributed by atoms with E-state index in [9.17, 15) is 13.9 Å². The quantitative estimate of drug-likeness (QED) is 0.930. The van der Waals surface area contributed by atoms with Gasteiger partial charge in [0, 0.05) is 6.42 Å². The van der Waals surface area contributed by atoms with E-state index in [-0.39, 0.29) is 23.6 Å². The van der Waals surface area contributed by atoms with Crippen molar-refractivity contribution in [1.82, 2.24) is 0 Å². The molecule has 2 nitrogen and oxygen atoms in total. The van der Waals surface area contributed by atoms with Gasteiger partial charge in [0.1, 0.15) is 17.4 Å². The number of hydrogen-bond acceptors (Lipinski definition) is 2. The second-order valence-corrected chi connectivity index (χ2v) is 5.34. The topological polar surface area (TPSA) is 29.5 Å². The van der Waals surface area contributed by atoms with Gasteiger partial charge in [-0.25, -0.2) is 8.78 Å². The van der Waals surface area contributed by atoms with Gasteiger partial charge in [-0.2, -0.15) is 0 Å². The zero-order valence-electron chi connectivity index (χ0n) is 12.3. The molecule has 0 saturated heterocycles. The summed E-state index contributed by atoms with van der Waals surface area (Å²) in [6, 6.07) is 8.73. The van der Waals surface area contributed by atoms with E-state index in [2.05, 4.69) is 0 Å². The minimum Gasteiger partial charge on any atom is -0.496 e. The van der Waals surface area contributed by atoms with Crippen LogP contribution < -0.4 is 4.74 Å². The Morgan fingerprint density at radius 3 is 2.57 bits per heavy atom. The van der Waals surface area contributed by atoms with Gasteiger partial charge in [0.2, 0.25) is 0 Å². The third-order valence-corrected chi connectivity index (χ3v) is 3.58. The summed E-state index contributed by atoms with van der Waals surface area (Å²) in [6.45, 7) is 3.32. The molecule has 0 aliphatic heterocycles. The Morgan fingerprint density at radius 1 is 1.19 bits per heavy atom. The molecule has 2 rings (SSSR count). The molecule has 4 heteroatoms. The maximum atomic E-state index is 14.1. The molecule has 0 amide bonds. The molecule has 0 aromatic heterocycles. The molecule has 1 N–H and O–H groups in total. The highest BCUT2D eigenvalue weighted by molar-refractivity contribution is 5.41. The fourth-order valence-corrected chi connectivity index (χ4v) is 2.49. The van der Waals surface area contributed by atoms with Gasteiger partial charge in [0.15, 0.2) is 0 Å². The Morgan fingerprint density at radius 2 is 1.90 bits per heavy atom. The first-order valence-electron chi connectivity index (χ1n) is 6.65. The van der Waals surface area contributed by atoms with Gasteiger partial charge in [0.25, 0.3) is 0 Å². The Hall–Kier alpha value is -1.94. The average Bonchev–Trinajstić information content (AvgIpc) is 2.42. The lowest BCUT2D eigenvalue weighted by molar-refractivity contribution is 0.0508. The summed E-state index contributed by atoms with van der Waals surface area (Å²) in [5.41, 5.74) is 0.0448. The van der Waals surface area contributed by atoms with Crippen LogP contribution in [-0.4, -0.2) is 12.2 Å². The van der Waals surface area contributed by atoms with Gasteiger partial charge in [0.05, 0.1) is 18.3 Å². The highest BCUT2D eigenvalue weighted by atomic mass is 19.1. The molecule has 0 fully saturated rings. The van der Waals surface area contributed by atoms with Crippen LogP contribution in [-0.2, 0) is 12.0 Å². The molecular formula is C17H18F2O2. The van der Waals surface area contributed by atoms with Crippen molar-refractivity contribution in [3.8, 4) is 5.75 Å². The Bertz CT molecular complexity index is 651. The van der Waals surface area contributed by atoms with Crippen molar-refractivity contribution >= 4 is 0 Å². The molecular weight excluding hydrogens is 274 g/mol. The van der Waals surface area contributed by atoms with Crippen molar-refractivity contribution in [2.75, 3.05) is 7.11 Å². The molecule has 0 spiro atoms. The van der Waals surface area contributed by atoms with Crippen molar-refractivity contribution < 1.29 is 18.6 Å². The molecule has 112 valence electrons. The van der Waals surface area contributed by atoms with Crippen LogP contribution in [0.3, 0.4) is 0 Å². The predicted molar refractivity (Wildman–Crippen MR) is 77.4 cm³/mol. The number of aryl methyl sites for hydroxylation is 1. The van der Waals surface area contributed by atoms with Crippen LogP contribution in [0.2, 0.25) is 0 Å². The largest absolute Gasteiger partial charge is 0.496 e. The number of benzene rings is 2. The van der Waals surface area contributed by atoms with Gasteiger partial charge in [-0.05, 0) is 49.2 Å². The highest BCUT2D eigenvalue weighted by Crippen LogP contribution is 2.35. The first-order chi connectivity index (χ1) is 9.85. The van der Waals surface area contributed by atoms with Crippen molar-refractivity contribution in [3.63, 3.8) is 0 Å². The smallest absolute Gasteiger partial charge is 0.133 e. The number of hydrogen-bond donors (Lipinski definition) is 1. The van der Waals surface area contributed by atoms with Gasteiger partial charge in [-0.3, -0.25) is 0 Å². The third-order valence-electron chi connectivity index (χ3n) is 3.58. The molecule has 0 aliphatic carbocycles. The highest BCUT2D eigenvalue weighted by Gasteiger charge is 2.31. The van der Waals surface area contributed by atoms with E-state index >= 15 is 0 Å². The molecule has 0 aliphatic rings. The summed E-state index contributed by atoms with van der Waals surface area (Å²) in [4.78, 5) is 0. The molecule has 0 radical (unpaired) electrons. The molecule has 2 aromatic rings. The number of methoxy groups -OCH3 is 1. The summed E-state index contributed by atoms with van der Waals surface area (Å²) in [7, 11) is 1.42. The lowest BCUT2D eigenvalue weighted by Crippen LogP contribution is -2.27. The second-order valence-electron chi connectivity index (χ2n) is 5.34. The molecule has 1 atom stereocenters. The third kappa shape index (κ3) is 3.22. The van der Waals surface area contributed by atoms with Crippen molar-refractivity contribution in [2.24, 2.45) is 0 Å². The van der Waals surface area contributed by atoms with E-state index in [0.717, 1.165) is 5.56 Å². The minimum atomic E-state index is -1.50. The standard InChI is InChI=1S/C17H18F2O2/c1-11-7-8-13(18)9-12(11)10-17(2,20)16-14(19)5-4-6-15(16)21-3/h4-9,20H,10H2,1-3H3. The molecule has 0 heterocycles. The lowest BCUT2D eigenvalue weighted by Gasteiger charge is -2.27. The first kappa shape index (κ1) is 15.4.